The van der Waals surface area contributed by atoms with Crippen molar-refractivity contribution in [2.75, 3.05) is 19.5 Å². The van der Waals surface area contributed by atoms with Crippen molar-refractivity contribution in [3.8, 4) is 28.9 Å². The van der Waals surface area contributed by atoms with E-state index < -0.39 is 0 Å². The number of carbonyl (C=O) groups is 1. The minimum absolute atomic E-state index is 0.314. The van der Waals surface area contributed by atoms with Gasteiger partial charge in [0.2, 0.25) is 5.91 Å². The molecule has 0 fully saturated rings. The van der Waals surface area contributed by atoms with Crippen LogP contribution in [0.2, 0.25) is 0 Å². The van der Waals surface area contributed by atoms with Gasteiger partial charge in [0.25, 0.3) is 0 Å². The van der Waals surface area contributed by atoms with Gasteiger partial charge in [-0.25, -0.2) is 14.6 Å². The summed E-state index contributed by atoms with van der Waals surface area (Å²) in [4.78, 5) is 21.3. The topological polar surface area (TPSA) is 104 Å². The second-order valence-corrected chi connectivity index (χ2v) is 6.30. The number of amides is 1. The van der Waals surface area contributed by atoms with E-state index in [9.17, 15) is 4.79 Å². The minimum Gasteiger partial charge on any atom is -0.493 e. The predicted octanol–water partition coefficient (Wildman–Crippen LogP) is 3.59. The van der Waals surface area contributed by atoms with Crippen LogP contribution in [0.25, 0.3) is 23.5 Å². The number of nitrogens with one attached hydrogen (secondary N) is 1. The average Bonchev–Trinajstić information content (AvgIpc) is 3.52. The van der Waals surface area contributed by atoms with Crippen molar-refractivity contribution in [1.29, 1.82) is 0 Å². The molecule has 0 atom stereocenters. The number of rotatable bonds is 7. The molecule has 0 spiro atoms. The van der Waals surface area contributed by atoms with Crippen molar-refractivity contribution >= 4 is 17.8 Å². The Morgan fingerprint density at radius 2 is 1.97 bits per heavy atom. The van der Waals surface area contributed by atoms with E-state index in [0.717, 1.165) is 5.56 Å². The Balaban J connectivity index is 1.57. The smallest absolute Gasteiger partial charge is 0.249 e. The second-order valence-electron chi connectivity index (χ2n) is 6.30. The zero-order chi connectivity index (χ0) is 21.6. The summed E-state index contributed by atoms with van der Waals surface area (Å²) in [7, 11) is 3.12. The maximum atomic E-state index is 12.5. The van der Waals surface area contributed by atoms with Crippen LogP contribution in [0.15, 0.2) is 71.6 Å². The number of nitrogens with zero attached hydrogens (tertiary/aromatic N) is 4. The van der Waals surface area contributed by atoms with Crippen molar-refractivity contribution < 1.29 is 18.7 Å². The molecule has 4 aromatic rings. The van der Waals surface area contributed by atoms with Crippen LogP contribution in [0, 0.1) is 0 Å². The van der Waals surface area contributed by atoms with E-state index in [1.807, 2.05) is 6.07 Å². The first-order valence-corrected chi connectivity index (χ1v) is 9.30. The first kappa shape index (κ1) is 19.9. The lowest BCUT2D eigenvalue weighted by atomic mass is 10.2. The second kappa shape index (κ2) is 8.95. The molecule has 0 saturated heterocycles. The van der Waals surface area contributed by atoms with Crippen molar-refractivity contribution in [1.82, 2.24) is 19.7 Å². The largest absolute Gasteiger partial charge is 0.493 e. The van der Waals surface area contributed by atoms with Crippen LogP contribution in [-0.4, -0.2) is 39.9 Å². The highest BCUT2D eigenvalue weighted by molar-refractivity contribution is 6.01. The standard InChI is InChI=1S/C22H19N5O4/c1-29-16-8-6-15(13-18(16)30-2)7-9-21(28)24-19-14-20(27-11-4-10-23-27)26-22(25-19)17-5-3-12-31-17/h3-14H,1-2H3,(H,24,25,26,28). The number of benzene rings is 1. The third-order valence-electron chi connectivity index (χ3n) is 4.28. The van der Waals surface area contributed by atoms with Crippen LogP contribution in [0.3, 0.4) is 0 Å². The maximum Gasteiger partial charge on any atom is 0.249 e. The molecule has 3 aromatic heterocycles. The molecule has 1 amide bonds. The van der Waals surface area contributed by atoms with Crippen molar-refractivity contribution in [3.63, 3.8) is 0 Å². The predicted molar refractivity (Wildman–Crippen MR) is 114 cm³/mol. The quantitative estimate of drug-likeness (QED) is 0.458. The van der Waals surface area contributed by atoms with E-state index in [-0.39, 0.29) is 5.91 Å². The summed E-state index contributed by atoms with van der Waals surface area (Å²) >= 11 is 0. The third-order valence-corrected chi connectivity index (χ3v) is 4.28. The van der Waals surface area contributed by atoms with E-state index in [1.165, 1.54) is 12.3 Å². The van der Waals surface area contributed by atoms with Crippen molar-refractivity contribution in [2.24, 2.45) is 0 Å². The van der Waals surface area contributed by atoms with Gasteiger partial charge in [-0.05, 0) is 42.0 Å². The highest BCUT2D eigenvalue weighted by atomic mass is 16.5. The van der Waals surface area contributed by atoms with Crippen LogP contribution in [-0.2, 0) is 4.79 Å². The average molecular weight is 417 g/mol. The fourth-order valence-corrected chi connectivity index (χ4v) is 2.83. The van der Waals surface area contributed by atoms with Gasteiger partial charge in [-0.1, -0.05) is 6.07 Å². The summed E-state index contributed by atoms with van der Waals surface area (Å²) in [6.07, 6.45) is 7.99. The molecule has 0 saturated carbocycles. The molecule has 0 aliphatic rings. The molecule has 1 aromatic carbocycles. The number of furan rings is 1. The van der Waals surface area contributed by atoms with Gasteiger partial charge in [0.15, 0.2) is 28.9 Å². The number of hydrogen-bond acceptors (Lipinski definition) is 7. The lowest BCUT2D eigenvalue weighted by Gasteiger charge is -2.08. The van der Waals surface area contributed by atoms with Crippen LogP contribution in [0.4, 0.5) is 5.82 Å². The minimum atomic E-state index is -0.356. The summed E-state index contributed by atoms with van der Waals surface area (Å²) in [5, 5.41) is 6.94. The normalized spacial score (nSPS) is 10.9. The third kappa shape index (κ3) is 4.61. The van der Waals surface area contributed by atoms with Gasteiger partial charge >= 0.3 is 0 Å². The maximum absolute atomic E-state index is 12.5. The molecular formula is C22H19N5O4. The fourth-order valence-electron chi connectivity index (χ4n) is 2.83. The number of anilines is 1. The van der Waals surface area contributed by atoms with Gasteiger partial charge < -0.3 is 19.2 Å². The van der Waals surface area contributed by atoms with Gasteiger partial charge in [-0.3, -0.25) is 4.79 Å². The van der Waals surface area contributed by atoms with E-state index in [4.69, 9.17) is 13.9 Å². The van der Waals surface area contributed by atoms with Gasteiger partial charge in [-0.15, -0.1) is 0 Å². The number of aromatic nitrogens is 4. The molecular weight excluding hydrogens is 398 g/mol. The van der Waals surface area contributed by atoms with Crippen LogP contribution in [0.1, 0.15) is 5.56 Å². The molecule has 156 valence electrons. The lowest BCUT2D eigenvalue weighted by molar-refractivity contribution is -0.111. The molecule has 3 heterocycles. The molecule has 4 rings (SSSR count). The van der Waals surface area contributed by atoms with Gasteiger partial charge in [-0.2, -0.15) is 5.10 Å². The Morgan fingerprint density at radius 3 is 2.68 bits per heavy atom. The molecule has 9 nitrogen and oxygen atoms in total. The summed E-state index contributed by atoms with van der Waals surface area (Å²) in [6.45, 7) is 0. The zero-order valence-electron chi connectivity index (χ0n) is 16.9. The number of carbonyl (C=O) groups excluding carboxylic acids is 1. The molecule has 0 unspecified atom stereocenters. The Labute approximate surface area is 178 Å². The summed E-state index contributed by atoms with van der Waals surface area (Å²) in [5.41, 5.74) is 0.781. The van der Waals surface area contributed by atoms with Crippen LogP contribution in [0.5, 0.6) is 11.5 Å². The summed E-state index contributed by atoms with van der Waals surface area (Å²) in [5.74, 6) is 2.45. The fraction of sp³-hybridized carbons (Fsp3) is 0.0909. The van der Waals surface area contributed by atoms with E-state index in [1.54, 1.807) is 73.8 Å². The molecule has 0 radical (unpaired) electrons. The Morgan fingerprint density at radius 1 is 1.10 bits per heavy atom. The van der Waals surface area contributed by atoms with Gasteiger partial charge in [0, 0.05) is 24.5 Å². The number of methoxy groups -OCH3 is 2. The van der Waals surface area contributed by atoms with E-state index >= 15 is 0 Å². The number of hydrogen-bond donors (Lipinski definition) is 1. The zero-order valence-corrected chi connectivity index (χ0v) is 16.9. The molecule has 31 heavy (non-hydrogen) atoms. The number of ether oxygens (including phenoxy) is 2. The monoisotopic (exact) mass is 417 g/mol. The first-order valence-electron chi connectivity index (χ1n) is 9.30. The van der Waals surface area contributed by atoms with Crippen molar-refractivity contribution in [2.45, 2.75) is 0 Å². The van der Waals surface area contributed by atoms with Crippen LogP contribution >= 0.6 is 0 Å². The van der Waals surface area contributed by atoms with Crippen LogP contribution < -0.4 is 14.8 Å². The Kier molecular flexibility index (Phi) is 5.75. The summed E-state index contributed by atoms with van der Waals surface area (Å²) < 4.78 is 17.5. The highest BCUT2D eigenvalue weighted by Crippen LogP contribution is 2.28. The SMILES string of the molecule is COc1ccc(C=CC(=O)Nc2cc(-n3cccn3)nc(-c3ccco3)n2)cc1OC. The van der Waals surface area contributed by atoms with Gasteiger partial charge in [0.05, 0.1) is 20.5 Å². The van der Waals surface area contributed by atoms with Gasteiger partial charge in [0.1, 0.15) is 5.82 Å². The highest BCUT2D eigenvalue weighted by Gasteiger charge is 2.12. The lowest BCUT2D eigenvalue weighted by Crippen LogP contribution is -2.11. The molecule has 9 heteroatoms. The molecule has 1 N–H and O–H groups in total. The molecule has 0 aliphatic heterocycles. The molecule has 0 aliphatic carbocycles. The summed E-state index contributed by atoms with van der Waals surface area (Å²) in [6, 6.07) is 12.3. The Hall–Kier alpha value is -4.40. The van der Waals surface area contributed by atoms with E-state index in [0.29, 0.717) is 34.7 Å². The van der Waals surface area contributed by atoms with E-state index in [2.05, 4.69) is 20.4 Å². The Bertz CT molecular complexity index is 1150. The van der Waals surface area contributed by atoms with Crippen molar-refractivity contribution in [3.05, 3.63) is 72.8 Å². The first-order chi connectivity index (χ1) is 15.2. The molecule has 0 bridgehead atoms.